The van der Waals surface area contributed by atoms with Crippen molar-refractivity contribution in [3.63, 3.8) is 0 Å². The maximum absolute atomic E-state index is 13.6. The molecule has 0 aliphatic rings. The van der Waals surface area contributed by atoms with Crippen LogP contribution in [0.1, 0.15) is 129 Å². The van der Waals surface area contributed by atoms with Crippen molar-refractivity contribution in [3.05, 3.63) is 371 Å². The van der Waals surface area contributed by atoms with Gasteiger partial charge in [-0.15, -0.1) is 0 Å². The molecule has 13 rings (SSSR count). The third kappa shape index (κ3) is 36.4. The minimum Gasteiger partial charge on any atom is -0.484 e. The van der Waals surface area contributed by atoms with Gasteiger partial charge in [0.05, 0.1) is 78.1 Å². The molecule has 0 saturated carbocycles. The Morgan fingerprint density at radius 3 is 1.03 bits per heavy atom. The molecular weight excluding hydrogens is 2060 g/mol. The first-order valence-corrected chi connectivity index (χ1v) is 44.6. The molecule has 0 atom stereocenters. The number of pyridine rings is 4. The molecule has 4 aromatic heterocycles. The predicted octanol–water partition coefficient (Wildman–Crippen LogP) is 24.4. The number of esters is 1. The van der Waals surface area contributed by atoms with E-state index in [-0.39, 0.29) is 168 Å². The summed E-state index contributed by atoms with van der Waals surface area (Å²) in [6, 6.07) is 48.6. The third-order valence-corrected chi connectivity index (χ3v) is 21.2. The molecule has 26 nitrogen and oxygen atoms in total. The molecule has 13 aromatic rings. The van der Waals surface area contributed by atoms with Crippen LogP contribution in [0.3, 0.4) is 0 Å². The molecule has 4 heterocycles. The van der Waals surface area contributed by atoms with E-state index < -0.39 is 142 Å². The lowest BCUT2D eigenvalue weighted by molar-refractivity contribution is -0.384. The van der Waals surface area contributed by atoms with Gasteiger partial charge in [0.15, 0.2) is 19.8 Å². The third-order valence-electron chi connectivity index (χ3n) is 20.1. The van der Waals surface area contributed by atoms with Crippen LogP contribution < -0.4 is 46.5 Å². The smallest absolute Gasteiger partial charge is 0.422 e. The van der Waals surface area contributed by atoms with Gasteiger partial charge in [0.2, 0.25) is 0 Å². The summed E-state index contributed by atoms with van der Waals surface area (Å²) < 4.78 is 301. The van der Waals surface area contributed by atoms with E-state index in [2.05, 4.69) is 51.3 Å². The maximum atomic E-state index is 13.6. The molecule has 7 N–H and O–H groups in total. The van der Waals surface area contributed by atoms with E-state index in [1.165, 1.54) is 158 Å². The number of nitrogens with zero attached hydrogens (tertiary/aromatic N) is 6. The highest BCUT2D eigenvalue weighted by molar-refractivity contribution is 7.98. The number of nitrogens with two attached hydrogens (primary N) is 1. The number of amides is 5. The Hall–Kier alpha value is -16.8. The SMILES string of the molecule is CC(C)(C)OC(=O)CCSCc1cccc(C(=O)Nc2ccc(OCC(F)(F)F)cc2-c2cc(C(=O)NCc3cccc(C(F)(F)F)c3)ccn2)c1.Nc1ccc(OCC(F)(F)F)cc1-c1cc(C(=O)NCc2cccc(C(F)(F)F)c2)ccn1.O=C(NCc1cccc(C(F)(F)F)c1)c1ccnc(-c2cc(F)ccc2[N+](=O)[O-])c1.O=C(NCc1cccc(C(F)(F)F)c1)c1ccnc(-c2cc(OCC(F)(F)F)ccc2[N+](=O)[O-])c1. The van der Waals surface area contributed by atoms with Crippen molar-refractivity contribution in [1.29, 1.82) is 0 Å². The largest absolute Gasteiger partial charge is 0.484 e. The van der Waals surface area contributed by atoms with Gasteiger partial charge >= 0.3 is 49.2 Å². The van der Waals surface area contributed by atoms with E-state index in [1.54, 1.807) is 39.0 Å². The number of halogens is 22. The molecule has 0 aliphatic carbocycles. The lowest BCUT2D eigenvalue weighted by atomic mass is 10.0. The number of aromatic nitrogens is 4. The van der Waals surface area contributed by atoms with Crippen molar-refractivity contribution in [3.8, 4) is 62.3 Å². The van der Waals surface area contributed by atoms with Gasteiger partial charge in [-0.3, -0.25) is 68.9 Å². The van der Waals surface area contributed by atoms with Gasteiger partial charge in [-0.2, -0.15) is 104 Å². The lowest BCUT2D eigenvalue weighted by Crippen LogP contribution is -2.24. The van der Waals surface area contributed by atoms with Crippen LogP contribution in [0.5, 0.6) is 17.2 Å². The number of carbonyl (C=O) groups is 6. The number of anilines is 2. The summed E-state index contributed by atoms with van der Waals surface area (Å²) in [6.45, 7) is -0.0802. The second kappa shape index (κ2) is 50.1. The number of nitro benzene ring substituents is 2. The van der Waals surface area contributed by atoms with Gasteiger partial charge in [0.25, 0.3) is 40.9 Å². The second-order valence-electron chi connectivity index (χ2n) is 32.8. The standard InChI is InChI=1S/C37H35F6N3O5S.C22H15F6N3O4.C22H17F6N3O2.C20H13F4N3O3/c1-35(2,3)51-32(47)13-15-52-21-24-7-4-8-25(16-24)34(49)46-30-11-10-28(50-22-36(38,39)40)19-29(30)31-18-26(12-14-44-31)33(48)45-20-23-6-5-9-27(17-23)37(41,42)43;23-21(24,25)12-35-16-4-5-19(31(33)34)17(10-16)18-9-14(6-7-29-18)20(32)30-11-13-2-1-3-15(8-13)22(26,27)28;23-21(24,25)12-33-16-4-5-18(29)17(10-16)19-9-14(6-7-30-19)20(32)31-11-13-2-1-3-15(8-13)22(26,27)28;21-15-4-5-18(27(29)30)16(10-15)17-9-13(6-7-25-17)19(28)26-11-12-2-1-3-14(8-12)20(22,23)24/h4-12,14,16-19H,13,15,20-22H2,1-3H3,(H,45,48)(H,46,49);1-10H,11-12H2,(H,30,32);1-10H,11-12,29H2,(H,31,32);1-10H,11H2,(H,26,28). The minimum atomic E-state index is -4.63. The quantitative estimate of drug-likeness (QED) is 0.00587. The van der Waals surface area contributed by atoms with Crippen molar-refractivity contribution in [1.82, 2.24) is 41.2 Å². The number of nitrogens with one attached hydrogen (secondary N) is 5. The first-order valence-electron chi connectivity index (χ1n) is 43.4. The number of hydrogen-bond donors (Lipinski definition) is 6. The van der Waals surface area contributed by atoms with Gasteiger partial charge in [-0.25, -0.2) is 4.39 Å². The van der Waals surface area contributed by atoms with Crippen LogP contribution in [-0.4, -0.2) is 115 Å². The molecule has 150 heavy (non-hydrogen) atoms. The molecule has 0 spiro atoms. The fraction of sp³-hybridized carbons (Fsp3) is 0.208. The highest BCUT2D eigenvalue weighted by Crippen LogP contribution is 2.40. The number of nitrogen functional groups attached to an aromatic ring is 1. The van der Waals surface area contributed by atoms with Gasteiger partial charge in [0.1, 0.15) is 28.7 Å². The molecule has 0 radical (unpaired) electrons. The van der Waals surface area contributed by atoms with Crippen molar-refractivity contribution < 1.29 is 154 Å². The fourth-order valence-corrected chi connectivity index (χ4v) is 14.2. The number of thioether (sulfide) groups is 1. The molecule has 5 amide bonds. The molecule has 0 saturated heterocycles. The van der Waals surface area contributed by atoms with Crippen molar-refractivity contribution in [2.75, 3.05) is 36.6 Å². The average molecular weight is 2140 g/mol. The summed E-state index contributed by atoms with van der Waals surface area (Å²) in [6.07, 6.45) is -26.7. The fourth-order valence-electron chi connectivity index (χ4n) is 13.3. The van der Waals surface area contributed by atoms with E-state index in [1.807, 2.05) is 6.07 Å². The van der Waals surface area contributed by atoms with Gasteiger partial charge in [0, 0.05) is 119 Å². The van der Waals surface area contributed by atoms with Crippen LogP contribution in [0.25, 0.3) is 45.0 Å². The topological polar surface area (TPSA) is 363 Å². The molecule has 0 bridgehead atoms. The van der Waals surface area contributed by atoms with Gasteiger partial charge in [-0.05, 0) is 218 Å². The van der Waals surface area contributed by atoms with Crippen LogP contribution in [0.2, 0.25) is 0 Å². The Morgan fingerprint density at radius 1 is 0.353 bits per heavy atom. The van der Waals surface area contributed by atoms with Gasteiger partial charge in [-0.1, -0.05) is 60.7 Å². The molecule has 0 fully saturated rings. The van der Waals surface area contributed by atoms with Crippen molar-refractivity contribution in [2.24, 2.45) is 0 Å². The molecule has 0 unspecified atom stereocenters. The Labute approximate surface area is 839 Å². The molecule has 49 heteroatoms. The first kappa shape index (κ1) is 115. The van der Waals surface area contributed by atoms with Crippen molar-refractivity contribution in [2.45, 2.75) is 108 Å². The number of alkyl halides is 21. The monoisotopic (exact) mass is 2130 g/mol. The highest BCUT2D eigenvalue weighted by Gasteiger charge is 2.37. The summed E-state index contributed by atoms with van der Waals surface area (Å²) in [7, 11) is 0. The zero-order valence-corrected chi connectivity index (χ0v) is 78.5. The summed E-state index contributed by atoms with van der Waals surface area (Å²) in [5.41, 5.74) is 3.89. The summed E-state index contributed by atoms with van der Waals surface area (Å²) in [4.78, 5) is 113. The Balaban J connectivity index is 0.000000209. The Bertz CT molecular complexity index is 7030. The zero-order valence-electron chi connectivity index (χ0n) is 77.7. The van der Waals surface area contributed by atoms with Crippen LogP contribution in [-0.2, 0) is 66.2 Å². The summed E-state index contributed by atoms with van der Waals surface area (Å²) >= 11 is 1.49. The molecule has 788 valence electrons. The van der Waals surface area contributed by atoms with E-state index in [0.29, 0.717) is 11.5 Å². The summed E-state index contributed by atoms with van der Waals surface area (Å²) in [5.74, 6) is -3.70. The number of rotatable bonds is 31. The van der Waals surface area contributed by atoms with Gasteiger partial charge < -0.3 is 51.3 Å². The normalized spacial score (nSPS) is 11.7. The number of carbonyl (C=O) groups excluding carboxylic acids is 6. The van der Waals surface area contributed by atoms with Crippen molar-refractivity contribution >= 4 is 70.0 Å². The number of hydrogen-bond acceptors (Lipinski definition) is 20. The molecule has 9 aromatic carbocycles. The summed E-state index contributed by atoms with van der Waals surface area (Å²) in [5, 5.41) is 35.3. The predicted molar refractivity (Wildman–Crippen MR) is 502 cm³/mol. The second-order valence-corrected chi connectivity index (χ2v) is 33.9. The Morgan fingerprint density at radius 2 is 0.667 bits per heavy atom. The highest BCUT2D eigenvalue weighted by atomic mass is 32.2. The molecule has 0 aliphatic heterocycles. The number of ether oxygens (including phenoxy) is 4. The van der Waals surface area contributed by atoms with Crippen LogP contribution in [0.4, 0.5) is 119 Å². The van der Waals surface area contributed by atoms with Crippen LogP contribution >= 0.6 is 11.8 Å². The minimum absolute atomic E-state index is 0.00733. The number of benzene rings is 9. The number of nitro groups is 2. The van der Waals surface area contributed by atoms with Crippen LogP contribution in [0, 0.1) is 26.0 Å². The maximum Gasteiger partial charge on any atom is 0.422 e. The molecular formula is C101H80F22N12O14S. The lowest BCUT2D eigenvalue weighted by Gasteiger charge is -2.19. The van der Waals surface area contributed by atoms with E-state index >= 15 is 0 Å². The van der Waals surface area contributed by atoms with E-state index in [4.69, 9.17) is 19.9 Å². The first-order chi connectivity index (χ1) is 70.3. The zero-order chi connectivity index (χ0) is 110. The van der Waals surface area contributed by atoms with Crippen LogP contribution in [0.15, 0.2) is 267 Å². The Kier molecular flexibility index (Phi) is 38.4. The van der Waals surface area contributed by atoms with E-state index in [0.717, 1.165) is 103 Å². The van der Waals surface area contributed by atoms with E-state index in [9.17, 15) is 146 Å². The average Bonchev–Trinajstić information content (AvgIpc) is 0.528.